The molecule has 0 aliphatic heterocycles. The van der Waals surface area contributed by atoms with E-state index >= 15 is 0 Å². The summed E-state index contributed by atoms with van der Waals surface area (Å²) in [5, 5.41) is 11.6. The molecule has 132 valence electrons. The van der Waals surface area contributed by atoms with Gasteiger partial charge in [-0.2, -0.15) is 13.2 Å². The Kier molecular flexibility index (Phi) is 4.89. The lowest BCUT2D eigenvalue weighted by Gasteiger charge is -2.25. The summed E-state index contributed by atoms with van der Waals surface area (Å²) in [5.41, 5.74) is -2.32. The average molecular weight is 345 g/mol. The third-order valence-electron chi connectivity index (χ3n) is 4.10. The lowest BCUT2D eigenvalue weighted by molar-refractivity contribution is -0.149. The fourth-order valence-corrected chi connectivity index (χ4v) is 2.71. The van der Waals surface area contributed by atoms with Gasteiger partial charge < -0.3 is 15.2 Å². The molecule has 1 fully saturated rings. The molecule has 1 saturated carbocycles. The van der Waals surface area contributed by atoms with Gasteiger partial charge >= 0.3 is 12.1 Å². The van der Waals surface area contributed by atoms with Crippen molar-refractivity contribution >= 4 is 11.9 Å². The van der Waals surface area contributed by atoms with Crippen molar-refractivity contribution < 1.29 is 32.6 Å². The highest BCUT2D eigenvalue weighted by molar-refractivity contribution is 5.90. The molecule has 0 heterocycles. The standard InChI is InChI=1S/C16H18F3NO4/c1-15(8-24-2,14(22)23)20-13(21)11-7-10(11)9-5-3-4-6-12(9)16(17,18)19/h3-6,10-11H,7-8H2,1-2H3,(H,20,21)(H,22,23). The van der Waals surface area contributed by atoms with E-state index in [1.807, 2.05) is 0 Å². The Bertz CT molecular complexity index is 646. The van der Waals surface area contributed by atoms with Gasteiger partial charge in [0.25, 0.3) is 0 Å². The molecule has 2 rings (SSSR count). The Morgan fingerprint density at radius 2 is 1.96 bits per heavy atom. The minimum atomic E-state index is -4.49. The second-order valence-electron chi connectivity index (χ2n) is 6.09. The van der Waals surface area contributed by atoms with Crippen LogP contribution in [0.2, 0.25) is 0 Å². The van der Waals surface area contributed by atoms with Crippen LogP contribution in [0.25, 0.3) is 0 Å². The molecule has 1 aromatic carbocycles. The van der Waals surface area contributed by atoms with E-state index in [0.717, 1.165) is 6.07 Å². The Hall–Kier alpha value is -2.09. The molecule has 0 saturated heterocycles. The van der Waals surface area contributed by atoms with Gasteiger partial charge in [0.2, 0.25) is 5.91 Å². The van der Waals surface area contributed by atoms with E-state index in [0.29, 0.717) is 0 Å². The average Bonchev–Trinajstić information content (AvgIpc) is 3.27. The maximum Gasteiger partial charge on any atom is 0.416 e. The van der Waals surface area contributed by atoms with Gasteiger partial charge in [0.05, 0.1) is 12.2 Å². The highest BCUT2D eigenvalue weighted by Gasteiger charge is 2.49. The quantitative estimate of drug-likeness (QED) is 0.830. The van der Waals surface area contributed by atoms with Crippen LogP contribution in [0, 0.1) is 5.92 Å². The summed E-state index contributed by atoms with van der Waals surface area (Å²) in [7, 11) is 1.30. The summed E-state index contributed by atoms with van der Waals surface area (Å²) in [6.45, 7) is 1.04. The van der Waals surface area contributed by atoms with Crippen LogP contribution in [0.4, 0.5) is 13.2 Å². The molecular weight excluding hydrogens is 327 g/mol. The van der Waals surface area contributed by atoms with Gasteiger partial charge in [-0.1, -0.05) is 18.2 Å². The van der Waals surface area contributed by atoms with Crippen LogP contribution in [0.3, 0.4) is 0 Å². The molecule has 3 atom stereocenters. The van der Waals surface area contributed by atoms with E-state index in [1.165, 1.54) is 32.2 Å². The predicted molar refractivity (Wildman–Crippen MR) is 78.4 cm³/mol. The van der Waals surface area contributed by atoms with Gasteiger partial charge in [-0.05, 0) is 30.9 Å². The zero-order valence-electron chi connectivity index (χ0n) is 13.2. The molecule has 0 bridgehead atoms. The number of carbonyl (C=O) groups is 2. The summed E-state index contributed by atoms with van der Waals surface area (Å²) in [6, 6.07) is 5.12. The number of rotatable bonds is 6. The predicted octanol–water partition coefficient (Wildman–Crippen LogP) is 2.41. The number of carboxylic acids is 1. The molecule has 2 N–H and O–H groups in total. The van der Waals surface area contributed by atoms with Crippen molar-refractivity contribution in [3.63, 3.8) is 0 Å². The molecule has 1 amide bonds. The fraction of sp³-hybridized carbons (Fsp3) is 0.500. The Labute approximate surface area is 136 Å². The summed E-state index contributed by atoms with van der Waals surface area (Å²) in [6.07, 6.45) is -4.24. The van der Waals surface area contributed by atoms with Gasteiger partial charge in [-0.15, -0.1) is 0 Å². The number of aliphatic carboxylic acids is 1. The third kappa shape index (κ3) is 3.69. The number of benzene rings is 1. The summed E-state index contributed by atoms with van der Waals surface area (Å²) in [5.74, 6) is -3.10. The highest BCUT2D eigenvalue weighted by Crippen LogP contribution is 2.51. The maximum absolute atomic E-state index is 13.0. The van der Waals surface area contributed by atoms with Crippen molar-refractivity contribution in [1.82, 2.24) is 5.32 Å². The van der Waals surface area contributed by atoms with Crippen molar-refractivity contribution in [1.29, 1.82) is 0 Å². The number of carbonyl (C=O) groups excluding carboxylic acids is 1. The number of ether oxygens (including phenoxy) is 1. The van der Waals surface area contributed by atoms with E-state index < -0.39 is 41.0 Å². The zero-order chi connectivity index (χ0) is 18.1. The minimum absolute atomic E-state index is 0.0638. The number of hydrogen-bond donors (Lipinski definition) is 2. The largest absolute Gasteiger partial charge is 0.479 e. The molecule has 5 nitrogen and oxygen atoms in total. The molecular formula is C16H18F3NO4. The van der Waals surface area contributed by atoms with Gasteiger partial charge in [-0.25, -0.2) is 4.79 Å². The van der Waals surface area contributed by atoms with Crippen LogP contribution >= 0.6 is 0 Å². The van der Waals surface area contributed by atoms with Gasteiger partial charge in [0.15, 0.2) is 5.54 Å². The summed E-state index contributed by atoms with van der Waals surface area (Å²) < 4.78 is 43.9. The molecule has 0 spiro atoms. The monoisotopic (exact) mass is 345 g/mol. The van der Waals surface area contributed by atoms with E-state index in [9.17, 15) is 27.9 Å². The smallest absolute Gasteiger partial charge is 0.416 e. The van der Waals surface area contributed by atoms with E-state index in [-0.39, 0.29) is 18.6 Å². The topological polar surface area (TPSA) is 75.6 Å². The summed E-state index contributed by atoms with van der Waals surface area (Å²) >= 11 is 0. The Morgan fingerprint density at radius 1 is 1.33 bits per heavy atom. The first-order valence-electron chi connectivity index (χ1n) is 7.30. The summed E-state index contributed by atoms with van der Waals surface area (Å²) in [4.78, 5) is 23.5. The molecule has 1 aliphatic carbocycles. The van der Waals surface area contributed by atoms with Crippen LogP contribution in [0.5, 0.6) is 0 Å². The second-order valence-corrected chi connectivity index (χ2v) is 6.09. The lowest BCUT2D eigenvalue weighted by atomic mass is 10.0. The number of hydrogen-bond acceptors (Lipinski definition) is 3. The number of carboxylic acid groups (broad SMARTS) is 1. The van der Waals surface area contributed by atoms with Gasteiger partial charge in [-0.3, -0.25) is 4.79 Å². The number of halogens is 3. The number of methoxy groups -OCH3 is 1. The Morgan fingerprint density at radius 3 is 2.50 bits per heavy atom. The zero-order valence-corrected chi connectivity index (χ0v) is 13.2. The molecule has 24 heavy (non-hydrogen) atoms. The van der Waals surface area contributed by atoms with Gasteiger partial charge in [0, 0.05) is 13.0 Å². The normalized spacial score (nSPS) is 22.5. The van der Waals surface area contributed by atoms with Crippen LogP contribution in [0.15, 0.2) is 24.3 Å². The molecule has 1 aromatic rings. The maximum atomic E-state index is 13.0. The molecule has 1 aliphatic rings. The van der Waals surface area contributed by atoms with E-state index in [1.54, 1.807) is 0 Å². The first kappa shape index (κ1) is 18.3. The number of amides is 1. The first-order chi connectivity index (χ1) is 11.1. The van der Waals surface area contributed by atoms with Gasteiger partial charge in [0.1, 0.15) is 0 Å². The van der Waals surface area contributed by atoms with E-state index in [2.05, 4.69) is 5.32 Å². The number of nitrogens with one attached hydrogen (secondary N) is 1. The van der Waals surface area contributed by atoms with E-state index in [4.69, 9.17) is 4.74 Å². The molecule has 8 heteroatoms. The minimum Gasteiger partial charge on any atom is -0.479 e. The molecule has 0 radical (unpaired) electrons. The molecule has 0 aromatic heterocycles. The number of alkyl halides is 3. The highest BCUT2D eigenvalue weighted by atomic mass is 19.4. The van der Waals surface area contributed by atoms with Crippen LogP contribution in [0.1, 0.15) is 30.4 Å². The van der Waals surface area contributed by atoms with Crippen molar-refractivity contribution in [2.24, 2.45) is 5.92 Å². The lowest BCUT2D eigenvalue weighted by Crippen LogP contribution is -2.55. The first-order valence-corrected chi connectivity index (χ1v) is 7.30. The van der Waals surface area contributed by atoms with Crippen molar-refractivity contribution in [3.8, 4) is 0 Å². The van der Waals surface area contributed by atoms with Crippen LogP contribution in [-0.4, -0.2) is 36.2 Å². The third-order valence-corrected chi connectivity index (χ3v) is 4.10. The Balaban J connectivity index is 2.13. The second kappa shape index (κ2) is 6.43. The molecule has 3 unspecified atom stereocenters. The van der Waals surface area contributed by atoms with Crippen molar-refractivity contribution in [2.45, 2.75) is 31.0 Å². The SMILES string of the molecule is COCC(C)(NC(=O)C1CC1c1ccccc1C(F)(F)F)C(=O)O. The fourth-order valence-electron chi connectivity index (χ4n) is 2.71. The van der Waals surface area contributed by atoms with Crippen LogP contribution in [-0.2, 0) is 20.5 Å². The van der Waals surface area contributed by atoms with Crippen LogP contribution < -0.4 is 5.32 Å². The van der Waals surface area contributed by atoms with Crippen molar-refractivity contribution in [2.75, 3.05) is 13.7 Å². The van der Waals surface area contributed by atoms with Crippen molar-refractivity contribution in [3.05, 3.63) is 35.4 Å².